The third-order valence-corrected chi connectivity index (χ3v) is 3.25. The molecule has 0 atom stereocenters. The van der Waals surface area contributed by atoms with Crippen LogP contribution in [0, 0.1) is 17.1 Å². The fourth-order valence-corrected chi connectivity index (χ4v) is 2.02. The van der Waals surface area contributed by atoms with Gasteiger partial charge in [-0.25, -0.2) is 4.39 Å². The van der Waals surface area contributed by atoms with E-state index >= 15 is 0 Å². The van der Waals surface area contributed by atoms with E-state index in [4.69, 9.17) is 10.00 Å². The molecule has 2 rings (SSSR count). The number of nitriles is 1. The van der Waals surface area contributed by atoms with Crippen LogP contribution in [0.5, 0.6) is 5.75 Å². The van der Waals surface area contributed by atoms with Gasteiger partial charge in [-0.3, -0.25) is 4.79 Å². The summed E-state index contributed by atoms with van der Waals surface area (Å²) in [5, 5.41) is 12.2. The number of rotatable bonds is 5. The molecule has 112 valence electrons. The Morgan fingerprint density at radius 1 is 1.32 bits per heavy atom. The van der Waals surface area contributed by atoms with Gasteiger partial charge in [-0.1, -0.05) is 6.07 Å². The summed E-state index contributed by atoms with van der Waals surface area (Å²) in [6, 6.07) is 11.5. The van der Waals surface area contributed by atoms with Crippen LogP contribution >= 0.6 is 0 Å². The minimum atomic E-state index is -0.445. The third-order valence-electron chi connectivity index (χ3n) is 3.25. The van der Waals surface area contributed by atoms with Crippen molar-refractivity contribution in [2.24, 2.45) is 0 Å². The molecule has 5 heteroatoms. The normalized spacial score (nSPS) is 9.91. The fourth-order valence-electron chi connectivity index (χ4n) is 2.02. The van der Waals surface area contributed by atoms with Crippen molar-refractivity contribution in [2.45, 2.75) is 13.5 Å². The quantitative estimate of drug-likeness (QED) is 0.858. The van der Waals surface area contributed by atoms with E-state index in [-0.39, 0.29) is 11.5 Å². The molecule has 0 fully saturated rings. The Bertz CT molecular complexity index is 751. The summed E-state index contributed by atoms with van der Waals surface area (Å²) in [5.41, 5.74) is 2.20. The molecule has 2 aromatic carbocycles. The predicted molar refractivity (Wildman–Crippen MR) is 81.4 cm³/mol. The summed E-state index contributed by atoms with van der Waals surface area (Å²) in [6.07, 6.45) is 0. The van der Waals surface area contributed by atoms with E-state index in [2.05, 4.69) is 11.4 Å². The lowest BCUT2D eigenvalue weighted by Gasteiger charge is -2.10. The minimum absolute atomic E-state index is 0.0805. The summed E-state index contributed by atoms with van der Waals surface area (Å²) in [6.45, 7) is 1.79. The number of methoxy groups -OCH3 is 1. The topological polar surface area (TPSA) is 62.1 Å². The zero-order valence-corrected chi connectivity index (χ0v) is 12.3. The van der Waals surface area contributed by atoms with E-state index in [0.717, 1.165) is 0 Å². The molecule has 4 nitrogen and oxygen atoms in total. The van der Waals surface area contributed by atoms with Crippen molar-refractivity contribution >= 4 is 11.5 Å². The zero-order chi connectivity index (χ0) is 16.1. The van der Waals surface area contributed by atoms with Gasteiger partial charge in [0.1, 0.15) is 6.07 Å². The van der Waals surface area contributed by atoms with E-state index in [1.807, 2.05) is 0 Å². The maximum atomic E-state index is 13.6. The van der Waals surface area contributed by atoms with Crippen molar-refractivity contribution in [3.05, 3.63) is 58.9 Å². The van der Waals surface area contributed by atoms with Gasteiger partial charge in [-0.2, -0.15) is 5.26 Å². The Balaban J connectivity index is 2.20. The number of benzene rings is 2. The molecule has 0 aromatic heterocycles. The number of carbonyl (C=O) groups is 1. The van der Waals surface area contributed by atoms with Gasteiger partial charge in [0, 0.05) is 12.1 Å². The number of nitrogens with zero attached hydrogens (tertiary/aromatic N) is 1. The molecule has 22 heavy (non-hydrogen) atoms. The summed E-state index contributed by atoms with van der Waals surface area (Å²) < 4.78 is 18.5. The van der Waals surface area contributed by atoms with Crippen molar-refractivity contribution < 1.29 is 13.9 Å². The molecule has 0 radical (unpaired) electrons. The number of hydrogen-bond acceptors (Lipinski definition) is 4. The highest BCUT2D eigenvalue weighted by Gasteiger charge is 2.08. The lowest BCUT2D eigenvalue weighted by Crippen LogP contribution is -2.04. The first-order valence-electron chi connectivity index (χ1n) is 6.66. The van der Waals surface area contributed by atoms with Gasteiger partial charge in [-0.15, -0.1) is 0 Å². The SMILES string of the molecule is COc1ccc(CNc2cc(C(C)=O)ccc2C#N)cc1F. The third kappa shape index (κ3) is 3.41. The van der Waals surface area contributed by atoms with E-state index in [0.29, 0.717) is 28.9 Å². The van der Waals surface area contributed by atoms with Gasteiger partial charge in [0.15, 0.2) is 17.3 Å². The number of ketones is 1. The first-order valence-corrected chi connectivity index (χ1v) is 6.66. The molecule has 0 aliphatic rings. The average molecular weight is 298 g/mol. The molecule has 0 bridgehead atoms. The average Bonchev–Trinajstić information content (AvgIpc) is 2.52. The molecular weight excluding hydrogens is 283 g/mol. The molecule has 0 unspecified atom stereocenters. The second-order valence-electron chi connectivity index (χ2n) is 4.75. The van der Waals surface area contributed by atoms with Gasteiger partial charge in [0.05, 0.1) is 18.4 Å². The van der Waals surface area contributed by atoms with Gasteiger partial charge in [-0.05, 0) is 42.8 Å². The molecule has 0 amide bonds. The Hall–Kier alpha value is -2.87. The maximum absolute atomic E-state index is 13.6. The van der Waals surface area contributed by atoms with Crippen LogP contribution in [0.1, 0.15) is 28.4 Å². The highest BCUT2D eigenvalue weighted by atomic mass is 19.1. The second kappa shape index (κ2) is 6.72. The number of ether oxygens (including phenoxy) is 1. The van der Waals surface area contributed by atoms with E-state index in [9.17, 15) is 9.18 Å². The number of hydrogen-bond donors (Lipinski definition) is 1. The molecule has 0 aliphatic heterocycles. The van der Waals surface area contributed by atoms with Crippen LogP contribution < -0.4 is 10.1 Å². The van der Waals surface area contributed by atoms with Crippen LogP contribution in [0.4, 0.5) is 10.1 Å². The standard InChI is InChI=1S/C17H15FN2O2/c1-11(21)13-4-5-14(9-19)16(8-13)20-10-12-3-6-17(22-2)15(18)7-12/h3-8,20H,10H2,1-2H3. The molecule has 1 N–H and O–H groups in total. The van der Waals surface area contributed by atoms with E-state index in [1.165, 1.54) is 20.1 Å². The monoisotopic (exact) mass is 298 g/mol. The number of anilines is 1. The van der Waals surface area contributed by atoms with Crippen molar-refractivity contribution in [1.82, 2.24) is 0 Å². The number of carbonyl (C=O) groups excluding carboxylic acids is 1. The van der Waals surface area contributed by atoms with Crippen LogP contribution in [-0.4, -0.2) is 12.9 Å². The van der Waals surface area contributed by atoms with Crippen molar-refractivity contribution in [3.8, 4) is 11.8 Å². The lowest BCUT2D eigenvalue weighted by molar-refractivity contribution is 0.101. The van der Waals surface area contributed by atoms with Crippen molar-refractivity contribution in [2.75, 3.05) is 12.4 Å². The smallest absolute Gasteiger partial charge is 0.165 e. The Kier molecular flexibility index (Phi) is 4.74. The molecule has 0 heterocycles. The fraction of sp³-hybridized carbons (Fsp3) is 0.176. The van der Waals surface area contributed by atoms with Crippen LogP contribution in [0.3, 0.4) is 0 Å². The van der Waals surface area contributed by atoms with Gasteiger partial charge in [0.2, 0.25) is 0 Å². The van der Waals surface area contributed by atoms with Crippen LogP contribution in [0.15, 0.2) is 36.4 Å². The Morgan fingerprint density at radius 2 is 2.09 bits per heavy atom. The van der Waals surface area contributed by atoms with Crippen LogP contribution in [-0.2, 0) is 6.54 Å². The van der Waals surface area contributed by atoms with Crippen molar-refractivity contribution in [3.63, 3.8) is 0 Å². The first kappa shape index (κ1) is 15.5. The number of Topliss-reactive ketones (excluding diaryl/α,β-unsaturated/α-hetero) is 1. The highest BCUT2D eigenvalue weighted by molar-refractivity contribution is 5.95. The van der Waals surface area contributed by atoms with Crippen molar-refractivity contribution in [1.29, 1.82) is 5.26 Å². The van der Waals surface area contributed by atoms with Gasteiger partial charge < -0.3 is 10.1 Å². The van der Waals surface area contributed by atoms with Crippen LogP contribution in [0.25, 0.3) is 0 Å². The highest BCUT2D eigenvalue weighted by Crippen LogP contribution is 2.21. The minimum Gasteiger partial charge on any atom is -0.494 e. The zero-order valence-electron chi connectivity index (χ0n) is 12.3. The number of halogens is 1. The lowest BCUT2D eigenvalue weighted by atomic mass is 10.1. The molecule has 0 spiro atoms. The van der Waals surface area contributed by atoms with Gasteiger partial charge in [0.25, 0.3) is 0 Å². The summed E-state index contributed by atoms with van der Waals surface area (Å²) in [5.74, 6) is -0.345. The molecule has 0 aliphatic carbocycles. The Labute approximate surface area is 128 Å². The van der Waals surface area contributed by atoms with Gasteiger partial charge >= 0.3 is 0 Å². The van der Waals surface area contributed by atoms with Crippen LogP contribution in [0.2, 0.25) is 0 Å². The molecule has 2 aromatic rings. The summed E-state index contributed by atoms with van der Waals surface area (Å²) >= 11 is 0. The summed E-state index contributed by atoms with van der Waals surface area (Å²) in [7, 11) is 1.41. The Morgan fingerprint density at radius 3 is 2.68 bits per heavy atom. The van der Waals surface area contributed by atoms with E-state index < -0.39 is 5.82 Å². The first-order chi connectivity index (χ1) is 10.5. The predicted octanol–water partition coefficient (Wildman–Crippen LogP) is 3.52. The summed E-state index contributed by atoms with van der Waals surface area (Å²) in [4.78, 5) is 11.4. The molecule has 0 saturated heterocycles. The largest absolute Gasteiger partial charge is 0.494 e. The maximum Gasteiger partial charge on any atom is 0.165 e. The number of nitrogens with one attached hydrogen (secondary N) is 1. The second-order valence-corrected chi connectivity index (χ2v) is 4.75. The molecular formula is C17H15FN2O2. The van der Waals surface area contributed by atoms with E-state index in [1.54, 1.807) is 30.3 Å². The molecule has 0 saturated carbocycles.